The third-order valence-corrected chi connectivity index (χ3v) is 0.678. The molecule has 0 aliphatic rings. The molecule has 0 heterocycles. The van der Waals surface area contributed by atoms with Gasteiger partial charge >= 0.3 is 0 Å². The van der Waals surface area contributed by atoms with Crippen LogP contribution in [0.15, 0.2) is 16.8 Å². The van der Waals surface area contributed by atoms with Crippen molar-refractivity contribution in [2.24, 2.45) is 4.99 Å². The Bertz CT molecular complexity index is 178. The molecule has 0 N–H and O–H groups in total. The summed E-state index contributed by atoms with van der Waals surface area (Å²) >= 11 is 0. The summed E-state index contributed by atoms with van der Waals surface area (Å²) in [6.45, 7) is 5.56. The fourth-order valence-corrected chi connectivity index (χ4v) is 0.255. The van der Waals surface area contributed by atoms with Crippen molar-refractivity contribution >= 4 is 5.71 Å². The van der Waals surface area contributed by atoms with Crippen LogP contribution >= 0.6 is 0 Å². The van der Waals surface area contributed by atoms with Gasteiger partial charge in [0, 0.05) is 6.20 Å². The molecular formula is C7H10N2. The van der Waals surface area contributed by atoms with Crippen LogP contribution in [-0.2, 0) is 0 Å². The number of aliphatic imine (C=N–C) groups is 1. The quantitative estimate of drug-likeness (QED) is 0.489. The molecule has 0 amide bonds. The van der Waals surface area contributed by atoms with Crippen LogP contribution in [0.2, 0.25) is 0 Å². The van der Waals surface area contributed by atoms with Crippen LogP contribution < -0.4 is 0 Å². The van der Waals surface area contributed by atoms with E-state index in [-0.39, 0.29) is 0 Å². The topological polar surface area (TPSA) is 36.1 Å². The Kier molecular flexibility index (Phi) is 3.38. The van der Waals surface area contributed by atoms with Crippen LogP contribution in [-0.4, -0.2) is 5.71 Å². The molecule has 0 aliphatic heterocycles. The van der Waals surface area contributed by atoms with Gasteiger partial charge in [-0.15, -0.1) is 0 Å². The van der Waals surface area contributed by atoms with Gasteiger partial charge in [0.25, 0.3) is 0 Å². The summed E-state index contributed by atoms with van der Waals surface area (Å²) < 4.78 is 0. The minimum absolute atomic E-state index is 0.496. The van der Waals surface area contributed by atoms with Crippen LogP contribution in [0.5, 0.6) is 0 Å². The van der Waals surface area contributed by atoms with E-state index in [9.17, 15) is 0 Å². The number of allylic oxidation sites excluding steroid dienone is 1. The largest absolute Gasteiger partial charge is 0.250 e. The maximum atomic E-state index is 8.24. The fraction of sp³-hybridized carbons (Fsp3) is 0.429. The lowest BCUT2D eigenvalue weighted by Gasteiger charge is -1.82. The summed E-state index contributed by atoms with van der Waals surface area (Å²) in [5.74, 6) is 0. The van der Waals surface area contributed by atoms with Crippen molar-refractivity contribution in [3.8, 4) is 6.07 Å². The lowest BCUT2D eigenvalue weighted by molar-refractivity contribution is 1.33. The van der Waals surface area contributed by atoms with E-state index in [0.29, 0.717) is 5.71 Å². The highest BCUT2D eigenvalue weighted by Gasteiger charge is 1.79. The van der Waals surface area contributed by atoms with E-state index < -0.39 is 0 Å². The first-order valence-electron chi connectivity index (χ1n) is 2.74. The zero-order valence-corrected chi connectivity index (χ0v) is 5.97. The molecule has 0 bridgehead atoms. The molecule has 0 saturated heterocycles. The van der Waals surface area contributed by atoms with Gasteiger partial charge in [-0.05, 0) is 20.8 Å². The molecule has 0 rings (SSSR count). The van der Waals surface area contributed by atoms with Gasteiger partial charge in [0.05, 0.1) is 0 Å². The first kappa shape index (κ1) is 7.90. The summed E-state index contributed by atoms with van der Waals surface area (Å²) in [7, 11) is 0. The predicted molar refractivity (Wildman–Crippen MR) is 38.2 cm³/mol. The SMILES string of the molecule is CC(C)=C/N=C(\C)C#N. The molecule has 0 saturated carbocycles. The second-order valence-corrected chi connectivity index (χ2v) is 2.03. The van der Waals surface area contributed by atoms with E-state index in [4.69, 9.17) is 5.26 Å². The Balaban J connectivity index is 4.03. The molecule has 0 aromatic heterocycles. The monoisotopic (exact) mass is 122 g/mol. The van der Waals surface area contributed by atoms with Crippen molar-refractivity contribution in [1.82, 2.24) is 0 Å². The summed E-state index contributed by atoms with van der Waals surface area (Å²) in [5, 5.41) is 8.24. The molecule has 2 nitrogen and oxygen atoms in total. The number of rotatable bonds is 1. The van der Waals surface area contributed by atoms with E-state index in [2.05, 4.69) is 4.99 Å². The molecule has 0 radical (unpaired) electrons. The highest BCUT2D eigenvalue weighted by molar-refractivity contribution is 5.96. The first-order valence-corrected chi connectivity index (χ1v) is 2.74. The normalized spacial score (nSPS) is 10.2. The van der Waals surface area contributed by atoms with Gasteiger partial charge in [-0.2, -0.15) is 5.26 Å². The zero-order chi connectivity index (χ0) is 7.28. The third kappa shape index (κ3) is 4.76. The maximum Gasteiger partial charge on any atom is 0.115 e. The average molecular weight is 122 g/mol. The highest BCUT2D eigenvalue weighted by atomic mass is 14.7. The Morgan fingerprint density at radius 3 is 2.33 bits per heavy atom. The lowest BCUT2D eigenvalue weighted by Crippen LogP contribution is -1.80. The van der Waals surface area contributed by atoms with Gasteiger partial charge in [-0.1, -0.05) is 5.57 Å². The van der Waals surface area contributed by atoms with Crippen LogP contribution in [0.1, 0.15) is 20.8 Å². The molecule has 0 aromatic rings. The highest BCUT2D eigenvalue weighted by Crippen LogP contribution is 1.88. The Hall–Kier alpha value is -1.10. The smallest absolute Gasteiger partial charge is 0.115 e. The number of nitriles is 1. The molecule has 2 heteroatoms. The van der Waals surface area contributed by atoms with Crippen LogP contribution in [0.4, 0.5) is 0 Å². The Labute approximate surface area is 55.5 Å². The molecule has 0 unspecified atom stereocenters. The Morgan fingerprint density at radius 1 is 1.44 bits per heavy atom. The minimum Gasteiger partial charge on any atom is -0.250 e. The molecule has 48 valence electrons. The summed E-state index contributed by atoms with van der Waals surface area (Å²) in [4.78, 5) is 3.84. The summed E-state index contributed by atoms with van der Waals surface area (Å²) in [6, 6.07) is 1.93. The molecular weight excluding hydrogens is 112 g/mol. The molecule has 0 fully saturated rings. The van der Waals surface area contributed by atoms with Gasteiger partial charge in [0.2, 0.25) is 0 Å². The standard InChI is InChI=1S/C7H10N2/c1-6(2)5-9-7(3)4-8/h5H,1-3H3/b9-7+. The van der Waals surface area contributed by atoms with Crippen LogP contribution in [0, 0.1) is 11.3 Å². The maximum absolute atomic E-state index is 8.24. The zero-order valence-electron chi connectivity index (χ0n) is 5.97. The number of nitrogens with zero attached hydrogens (tertiary/aromatic N) is 2. The summed E-state index contributed by atoms with van der Waals surface area (Å²) in [6.07, 6.45) is 1.68. The lowest BCUT2D eigenvalue weighted by atomic mass is 10.4. The van der Waals surface area contributed by atoms with E-state index in [0.717, 1.165) is 5.57 Å². The number of hydrogen-bond acceptors (Lipinski definition) is 2. The Morgan fingerprint density at radius 2 is 2.00 bits per heavy atom. The van der Waals surface area contributed by atoms with Gasteiger partial charge < -0.3 is 0 Å². The van der Waals surface area contributed by atoms with Gasteiger partial charge in [-0.25, -0.2) is 0 Å². The van der Waals surface area contributed by atoms with Crippen molar-refractivity contribution in [1.29, 1.82) is 5.26 Å². The second kappa shape index (κ2) is 3.85. The van der Waals surface area contributed by atoms with Gasteiger partial charge in [-0.3, -0.25) is 4.99 Å². The predicted octanol–water partition coefficient (Wildman–Crippen LogP) is 1.89. The van der Waals surface area contributed by atoms with Crippen molar-refractivity contribution in [3.63, 3.8) is 0 Å². The van der Waals surface area contributed by atoms with Gasteiger partial charge in [0.15, 0.2) is 0 Å². The van der Waals surface area contributed by atoms with E-state index >= 15 is 0 Å². The van der Waals surface area contributed by atoms with Gasteiger partial charge in [0.1, 0.15) is 11.8 Å². The van der Waals surface area contributed by atoms with Crippen molar-refractivity contribution in [3.05, 3.63) is 11.8 Å². The number of hydrogen-bond donors (Lipinski definition) is 0. The molecule has 0 spiro atoms. The molecule has 0 atom stereocenters. The van der Waals surface area contributed by atoms with Crippen molar-refractivity contribution < 1.29 is 0 Å². The van der Waals surface area contributed by atoms with Crippen LogP contribution in [0.25, 0.3) is 0 Å². The summed E-state index contributed by atoms with van der Waals surface area (Å²) in [5.41, 5.74) is 1.60. The second-order valence-electron chi connectivity index (χ2n) is 2.03. The third-order valence-electron chi connectivity index (χ3n) is 0.678. The average Bonchev–Trinajstić information content (AvgIpc) is 1.83. The molecule has 0 aliphatic carbocycles. The fourth-order valence-electron chi connectivity index (χ4n) is 0.255. The van der Waals surface area contributed by atoms with E-state index in [1.165, 1.54) is 0 Å². The van der Waals surface area contributed by atoms with Crippen molar-refractivity contribution in [2.45, 2.75) is 20.8 Å². The van der Waals surface area contributed by atoms with Crippen molar-refractivity contribution in [2.75, 3.05) is 0 Å². The molecule has 9 heavy (non-hydrogen) atoms. The first-order chi connectivity index (χ1) is 4.16. The minimum atomic E-state index is 0.496. The van der Waals surface area contributed by atoms with Crippen LogP contribution in [0.3, 0.4) is 0 Å². The molecule has 0 aromatic carbocycles. The van der Waals surface area contributed by atoms with E-state index in [1.807, 2.05) is 19.9 Å². The van der Waals surface area contributed by atoms with E-state index in [1.54, 1.807) is 13.1 Å².